The molecule has 8 nitrogen and oxygen atoms in total. The smallest absolute Gasteiger partial charge is 0.335 e. The topological polar surface area (TPSA) is 128 Å². The van der Waals surface area contributed by atoms with E-state index in [0.717, 1.165) is 11.4 Å². The molecule has 2 unspecified atom stereocenters. The summed E-state index contributed by atoms with van der Waals surface area (Å²) < 4.78 is 2.67. The molecule has 5 N–H and O–H groups in total. The molecule has 1 amide bonds. The number of anilines is 2. The summed E-state index contributed by atoms with van der Waals surface area (Å²) in [4.78, 5) is 36.8. The van der Waals surface area contributed by atoms with Crippen molar-refractivity contribution in [2.24, 2.45) is 11.8 Å². The van der Waals surface area contributed by atoms with Gasteiger partial charge >= 0.3 is 11.9 Å². The van der Waals surface area contributed by atoms with Crippen LogP contribution in [0.1, 0.15) is 124 Å². The van der Waals surface area contributed by atoms with Gasteiger partial charge in [0.1, 0.15) is 0 Å². The Morgan fingerprint density at radius 2 is 1.02 bits per heavy atom. The van der Waals surface area contributed by atoms with E-state index in [0.29, 0.717) is 23.0 Å². The Morgan fingerprint density at radius 3 is 1.44 bits per heavy atom. The van der Waals surface area contributed by atoms with Crippen molar-refractivity contribution in [3.8, 4) is 0 Å². The first-order valence-electron chi connectivity index (χ1n) is 21.1. The molecule has 308 valence electrons. The van der Waals surface area contributed by atoms with Crippen LogP contribution in [-0.4, -0.2) is 34.6 Å². The first-order chi connectivity index (χ1) is 28.7. The predicted octanol–water partition coefficient (Wildman–Crippen LogP) is 12.8. The molecule has 2 fully saturated rings. The van der Waals surface area contributed by atoms with Crippen LogP contribution in [0.25, 0.3) is 20.2 Å². The maximum atomic E-state index is 12.3. The second kappa shape index (κ2) is 19.7. The van der Waals surface area contributed by atoms with E-state index in [1.165, 1.54) is 105 Å². The molecular weight excluding hydrogens is 775 g/mol. The number of amides is 1. The number of nitrogens with one attached hydrogen (secondary N) is 3. The zero-order chi connectivity index (χ0) is 41.3. The zero-order valence-electron chi connectivity index (χ0n) is 34.0. The minimum absolute atomic E-state index is 0.0810. The van der Waals surface area contributed by atoms with Crippen molar-refractivity contribution in [2.75, 3.05) is 17.2 Å². The maximum absolute atomic E-state index is 12.3. The lowest BCUT2D eigenvalue weighted by molar-refractivity contribution is -0.136. The van der Waals surface area contributed by atoms with E-state index in [-0.39, 0.29) is 31.0 Å². The minimum atomic E-state index is -0.921. The number of carbonyl (C=O) groups excluding carboxylic acids is 1. The normalized spacial score (nSPS) is 15.8. The second-order valence-electron chi connectivity index (χ2n) is 16.0. The van der Waals surface area contributed by atoms with Crippen LogP contribution < -0.4 is 16.0 Å². The molecule has 2 saturated carbocycles. The Bertz CT molecular complexity index is 2360. The summed E-state index contributed by atoms with van der Waals surface area (Å²) in [5, 5.41) is 30.8. The standard InChI is InChI=1S/C26H30N2O3S.C23H25NO2S/c1-17-24(21-9-5-6-10-22(21)32-17)25(18-7-3-2-4-8-18)28-20-13-11-19(12-14-20)26(31)27-16-15-23(29)30;1-15-21(19-9-5-6-10-20(19)27-15)22(16-7-3-2-4-8-16)24-18-13-11-17(12-14-18)23(25)26/h5-6,9-14,18,25,28H,2-4,7-8,15-16H2,1H3,(H,27,31)(H,29,30);5-6,9-14,16,22,24H,2-4,7-8H2,1H3,(H,25,26). The molecule has 2 aliphatic rings. The number of aliphatic carboxylic acids is 1. The van der Waals surface area contributed by atoms with Crippen molar-refractivity contribution < 1.29 is 24.6 Å². The molecule has 4 aromatic carbocycles. The van der Waals surface area contributed by atoms with Gasteiger partial charge in [0.25, 0.3) is 5.91 Å². The fourth-order valence-corrected chi connectivity index (χ4v) is 11.3. The van der Waals surface area contributed by atoms with Crippen LogP contribution in [0.2, 0.25) is 0 Å². The molecular formula is C49H55N3O5S2. The Kier molecular flexibility index (Phi) is 14.0. The Hall–Kier alpha value is -5.19. The third-order valence-electron chi connectivity index (χ3n) is 12.1. The lowest BCUT2D eigenvalue weighted by Crippen LogP contribution is -2.26. The molecule has 0 aliphatic heterocycles. The average Bonchev–Trinajstić information content (AvgIpc) is 3.77. The van der Waals surface area contributed by atoms with E-state index in [1.54, 1.807) is 24.3 Å². The fraction of sp³-hybridized carbons (Fsp3) is 0.367. The summed E-state index contributed by atoms with van der Waals surface area (Å²) in [6.07, 6.45) is 12.7. The molecule has 0 bridgehead atoms. The highest BCUT2D eigenvalue weighted by Gasteiger charge is 2.30. The number of fused-ring (bicyclic) bond motifs is 2. The number of carboxylic acids is 2. The second-order valence-corrected chi connectivity index (χ2v) is 18.5. The lowest BCUT2D eigenvalue weighted by Gasteiger charge is -2.32. The summed E-state index contributed by atoms with van der Waals surface area (Å²) in [5.41, 5.74) is 5.68. The van der Waals surface area contributed by atoms with Crippen LogP contribution in [0, 0.1) is 25.7 Å². The Balaban J connectivity index is 0.000000181. The first-order valence-corrected chi connectivity index (χ1v) is 22.7. The van der Waals surface area contributed by atoms with Gasteiger partial charge < -0.3 is 26.2 Å². The van der Waals surface area contributed by atoms with Crippen molar-refractivity contribution in [2.45, 2.75) is 96.6 Å². The third-order valence-corrected chi connectivity index (χ3v) is 14.3. The molecule has 2 aliphatic carbocycles. The lowest BCUT2D eigenvalue weighted by atomic mass is 9.80. The highest BCUT2D eigenvalue weighted by Crippen LogP contribution is 2.45. The van der Waals surface area contributed by atoms with Gasteiger partial charge in [-0.2, -0.15) is 0 Å². The van der Waals surface area contributed by atoms with E-state index in [1.807, 2.05) is 46.9 Å². The highest BCUT2D eigenvalue weighted by atomic mass is 32.1. The number of hydrogen-bond acceptors (Lipinski definition) is 7. The molecule has 2 atom stereocenters. The number of aryl methyl sites for hydroxylation is 2. The molecule has 0 saturated heterocycles. The van der Waals surface area contributed by atoms with E-state index in [4.69, 9.17) is 10.2 Å². The Labute approximate surface area is 355 Å². The number of carboxylic acid groups (broad SMARTS) is 2. The van der Waals surface area contributed by atoms with Gasteiger partial charge in [-0.05, 0) is 134 Å². The fourth-order valence-electron chi connectivity index (χ4n) is 9.11. The number of hydrogen-bond donors (Lipinski definition) is 5. The maximum Gasteiger partial charge on any atom is 0.335 e. The zero-order valence-corrected chi connectivity index (χ0v) is 35.6. The number of benzene rings is 4. The molecule has 2 heterocycles. The first kappa shape index (κ1) is 42.0. The largest absolute Gasteiger partial charge is 0.481 e. The summed E-state index contributed by atoms with van der Waals surface area (Å²) >= 11 is 3.73. The van der Waals surface area contributed by atoms with Gasteiger partial charge in [-0.15, -0.1) is 22.7 Å². The quantitative estimate of drug-likeness (QED) is 0.0784. The summed E-state index contributed by atoms with van der Waals surface area (Å²) in [6, 6.07) is 32.5. The van der Waals surface area contributed by atoms with Crippen LogP contribution in [0.5, 0.6) is 0 Å². The molecule has 2 aromatic heterocycles. The van der Waals surface area contributed by atoms with Crippen LogP contribution in [0.3, 0.4) is 0 Å². The van der Waals surface area contributed by atoms with Gasteiger partial charge in [0, 0.05) is 42.6 Å². The number of carbonyl (C=O) groups is 3. The molecule has 0 spiro atoms. The SMILES string of the molecule is Cc1sc2ccccc2c1C(Nc1ccc(C(=O)NCCC(=O)O)cc1)C1CCCCC1.Cc1sc2ccccc2c1C(Nc1ccc(C(=O)O)cc1)C1CCCCC1. The van der Waals surface area contributed by atoms with Gasteiger partial charge in [-0.3, -0.25) is 9.59 Å². The van der Waals surface area contributed by atoms with E-state index in [2.05, 4.69) is 78.3 Å². The Morgan fingerprint density at radius 1 is 0.593 bits per heavy atom. The third kappa shape index (κ3) is 10.3. The monoisotopic (exact) mass is 829 g/mol. The van der Waals surface area contributed by atoms with Crippen molar-refractivity contribution in [3.05, 3.63) is 129 Å². The van der Waals surface area contributed by atoms with Crippen molar-refractivity contribution >= 4 is 72.1 Å². The van der Waals surface area contributed by atoms with Crippen LogP contribution in [-0.2, 0) is 4.79 Å². The van der Waals surface area contributed by atoms with E-state index in [9.17, 15) is 14.4 Å². The van der Waals surface area contributed by atoms with Crippen LogP contribution in [0.4, 0.5) is 11.4 Å². The molecule has 59 heavy (non-hydrogen) atoms. The van der Waals surface area contributed by atoms with Gasteiger partial charge in [0.15, 0.2) is 0 Å². The number of thiophene rings is 2. The van der Waals surface area contributed by atoms with E-state index < -0.39 is 11.9 Å². The van der Waals surface area contributed by atoms with Crippen molar-refractivity contribution in [1.82, 2.24) is 5.32 Å². The van der Waals surface area contributed by atoms with Gasteiger partial charge in [0.05, 0.1) is 24.1 Å². The molecule has 6 aromatic rings. The van der Waals surface area contributed by atoms with Crippen LogP contribution >= 0.6 is 22.7 Å². The van der Waals surface area contributed by atoms with Crippen molar-refractivity contribution in [3.63, 3.8) is 0 Å². The minimum Gasteiger partial charge on any atom is -0.481 e. The molecule has 0 radical (unpaired) electrons. The van der Waals surface area contributed by atoms with Gasteiger partial charge in [-0.1, -0.05) is 74.9 Å². The van der Waals surface area contributed by atoms with E-state index >= 15 is 0 Å². The average molecular weight is 830 g/mol. The highest BCUT2D eigenvalue weighted by molar-refractivity contribution is 7.19. The van der Waals surface area contributed by atoms with Gasteiger partial charge in [-0.25, -0.2) is 4.79 Å². The van der Waals surface area contributed by atoms with Crippen LogP contribution in [0.15, 0.2) is 97.1 Å². The number of aromatic carboxylic acids is 1. The predicted molar refractivity (Wildman–Crippen MR) is 243 cm³/mol. The molecule has 10 heteroatoms. The number of rotatable bonds is 13. The van der Waals surface area contributed by atoms with Gasteiger partial charge in [0.2, 0.25) is 0 Å². The summed E-state index contributed by atoms with van der Waals surface area (Å²) in [5.74, 6) is -0.865. The molecule has 8 rings (SSSR count). The van der Waals surface area contributed by atoms with Crippen molar-refractivity contribution in [1.29, 1.82) is 0 Å². The summed E-state index contributed by atoms with van der Waals surface area (Å²) in [6.45, 7) is 4.58. The summed E-state index contributed by atoms with van der Waals surface area (Å²) in [7, 11) is 0.